The van der Waals surface area contributed by atoms with Crippen LogP contribution in [0.3, 0.4) is 0 Å². The van der Waals surface area contributed by atoms with E-state index in [1.807, 2.05) is 0 Å². The van der Waals surface area contributed by atoms with Crippen LogP contribution in [-0.4, -0.2) is 17.1 Å². The van der Waals surface area contributed by atoms with Crippen LogP contribution in [0, 0.1) is 5.82 Å². The Hall–Kier alpha value is -2.37. The van der Waals surface area contributed by atoms with Crippen LogP contribution in [0.25, 0.3) is 0 Å². The van der Waals surface area contributed by atoms with E-state index in [4.69, 9.17) is 10.5 Å². The SMILES string of the molecule is COc1c(N)ncnc1Nc1ccccc1F. The van der Waals surface area contributed by atoms with E-state index in [-0.39, 0.29) is 17.4 Å². The van der Waals surface area contributed by atoms with E-state index in [0.717, 1.165) is 0 Å². The topological polar surface area (TPSA) is 73.1 Å². The molecule has 1 heterocycles. The standard InChI is InChI=1S/C11H11FN4O/c1-17-9-10(13)14-6-15-11(9)16-8-5-3-2-4-7(8)12/h2-6H,1H3,(H3,13,14,15,16). The van der Waals surface area contributed by atoms with E-state index in [1.54, 1.807) is 18.2 Å². The highest BCUT2D eigenvalue weighted by atomic mass is 19.1. The summed E-state index contributed by atoms with van der Waals surface area (Å²) in [5.74, 6) is 0.425. The number of nitrogens with one attached hydrogen (secondary N) is 1. The van der Waals surface area contributed by atoms with Crippen LogP contribution in [0.15, 0.2) is 30.6 Å². The molecule has 0 radical (unpaired) electrons. The van der Waals surface area contributed by atoms with Gasteiger partial charge in [-0.2, -0.15) is 0 Å². The smallest absolute Gasteiger partial charge is 0.204 e. The Morgan fingerprint density at radius 2 is 2.06 bits per heavy atom. The number of halogens is 1. The third kappa shape index (κ3) is 2.25. The molecule has 2 aromatic rings. The van der Waals surface area contributed by atoms with Gasteiger partial charge in [0.2, 0.25) is 5.75 Å². The molecule has 0 amide bonds. The number of ether oxygens (including phenoxy) is 1. The van der Waals surface area contributed by atoms with Gasteiger partial charge in [-0.1, -0.05) is 12.1 Å². The summed E-state index contributed by atoms with van der Waals surface area (Å²) < 4.78 is 18.5. The minimum Gasteiger partial charge on any atom is -0.490 e. The number of aromatic nitrogens is 2. The lowest BCUT2D eigenvalue weighted by molar-refractivity contribution is 0.415. The molecule has 0 spiro atoms. The average Bonchev–Trinajstić information content (AvgIpc) is 2.32. The molecule has 0 aliphatic carbocycles. The Labute approximate surface area is 97.5 Å². The zero-order valence-electron chi connectivity index (χ0n) is 9.14. The van der Waals surface area contributed by atoms with Crippen LogP contribution in [0.2, 0.25) is 0 Å². The monoisotopic (exact) mass is 234 g/mol. The second kappa shape index (κ2) is 4.65. The molecule has 1 aromatic heterocycles. The number of rotatable bonds is 3. The van der Waals surface area contributed by atoms with Gasteiger partial charge in [0.1, 0.15) is 12.1 Å². The summed E-state index contributed by atoms with van der Waals surface area (Å²) >= 11 is 0. The van der Waals surface area contributed by atoms with Crippen LogP contribution in [0.1, 0.15) is 0 Å². The summed E-state index contributed by atoms with van der Waals surface area (Å²) in [6.45, 7) is 0. The predicted molar refractivity (Wildman–Crippen MR) is 62.7 cm³/mol. The molecule has 5 nitrogen and oxygen atoms in total. The molecule has 0 aliphatic rings. The van der Waals surface area contributed by atoms with Crippen LogP contribution in [-0.2, 0) is 0 Å². The molecule has 0 aliphatic heterocycles. The van der Waals surface area contributed by atoms with E-state index >= 15 is 0 Å². The number of anilines is 3. The maximum absolute atomic E-state index is 13.4. The molecule has 0 bridgehead atoms. The quantitative estimate of drug-likeness (QED) is 0.849. The first kappa shape index (κ1) is 11.1. The second-order valence-corrected chi connectivity index (χ2v) is 3.25. The lowest BCUT2D eigenvalue weighted by Crippen LogP contribution is -2.03. The molecule has 6 heteroatoms. The van der Waals surface area contributed by atoms with Crippen LogP contribution in [0.5, 0.6) is 5.75 Å². The van der Waals surface area contributed by atoms with Crippen molar-refractivity contribution in [2.75, 3.05) is 18.2 Å². The van der Waals surface area contributed by atoms with Gasteiger partial charge in [0, 0.05) is 0 Å². The Kier molecular flexibility index (Phi) is 3.04. The number of nitrogens with two attached hydrogens (primary N) is 1. The minimum absolute atomic E-state index is 0.196. The summed E-state index contributed by atoms with van der Waals surface area (Å²) in [6.07, 6.45) is 1.28. The first-order chi connectivity index (χ1) is 8.22. The molecular formula is C11H11FN4O. The summed E-state index contributed by atoms with van der Waals surface area (Å²) in [5, 5.41) is 2.80. The number of para-hydroxylation sites is 1. The zero-order valence-corrected chi connectivity index (χ0v) is 9.14. The van der Waals surface area contributed by atoms with E-state index in [2.05, 4.69) is 15.3 Å². The minimum atomic E-state index is -0.383. The molecule has 88 valence electrons. The van der Waals surface area contributed by atoms with Crippen LogP contribution < -0.4 is 15.8 Å². The molecule has 0 saturated heterocycles. The summed E-state index contributed by atoms with van der Waals surface area (Å²) in [7, 11) is 1.45. The third-order valence-corrected chi connectivity index (χ3v) is 2.16. The van der Waals surface area contributed by atoms with Crippen LogP contribution in [0.4, 0.5) is 21.7 Å². The van der Waals surface area contributed by atoms with Crippen molar-refractivity contribution in [1.29, 1.82) is 0 Å². The van der Waals surface area contributed by atoms with Crippen molar-refractivity contribution in [3.63, 3.8) is 0 Å². The second-order valence-electron chi connectivity index (χ2n) is 3.25. The van der Waals surface area contributed by atoms with Gasteiger partial charge in [0.25, 0.3) is 0 Å². The number of hydrogen-bond acceptors (Lipinski definition) is 5. The van der Waals surface area contributed by atoms with E-state index < -0.39 is 0 Å². The highest BCUT2D eigenvalue weighted by molar-refractivity contribution is 5.68. The number of methoxy groups -OCH3 is 1. The molecule has 3 N–H and O–H groups in total. The molecule has 0 unspecified atom stereocenters. The lowest BCUT2D eigenvalue weighted by atomic mass is 10.3. The Morgan fingerprint density at radius 1 is 1.29 bits per heavy atom. The molecular weight excluding hydrogens is 223 g/mol. The van der Waals surface area contributed by atoms with E-state index in [1.165, 1.54) is 19.5 Å². The van der Waals surface area contributed by atoms with Crippen molar-refractivity contribution in [3.8, 4) is 5.75 Å². The average molecular weight is 234 g/mol. The zero-order chi connectivity index (χ0) is 12.3. The number of benzene rings is 1. The fourth-order valence-electron chi connectivity index (χ4n) is 1.37. The molecule has 0 fully saturated rings. The van der Waals surface area contributed by atoms with Crippen molar-refractivity contribution in [3.05, 3.63) is 36.4 Å². The summed E-state index contributed by atoms with van der Waals surface area (Å²) in [5.41, 5.74) is 5.91. The van der Waals surface area contributed by atoms with Gasteiger partial charge in [0.05, 0.1) is 12.8 Å². The van der Waals surface area contributed by atoms with E-state index in [0.29, 0.717) is 11.5 Å². The molecule has 1 aromatic carbocycles. The maximum atomic E-state index is 13.4. The Balaban J connectivity index is 2.37. The van der Waals surface area contributed by atoms with Gasteiger partial charge in [-0.05, 0) is 12.1 Å². The first-order valence-corrected chi connectivity index (χ1v) is 4.88. The predicted octanol–water partition coefficient (Wildman–Crippen LogP) is 1.95. The number of nitrogen functional groups attached to an aromatic ring is 1. The number of hydrogen-bond donors (Lipinski definition) is 2. The maximum Gasteiger partial charge on any atom is 0.204 e. The van der Waals surface area contributed by atoms with Crippen LogP contribution >= 0.6 is 0 Å². The fraction of sp³-hybridized carbons (Fsp3) is 0.0909. The summed E-state index contributed by atoms with van der Waals surface area (Å²) in [4.78, 5) is 7.74. The van der Waals surface area contributed by atoms with Gasteiger partial charge >= 0.3 is 0 Å². The van der Waals surface area contributed by atoms with Gasteiger partial charge in [-0.25, -0.2) is 14.4 Å². The first-order valence-electron chi connectivity index (χ1n) is 4.88. The molecule has 0 atom stereocenters. The van der Waals surface area contributed by atoms with Crippen molar-refractivity contribution >= 4 is 17.3 Å². The Morgan fingerprint density at radius 3 is 2.76 bits per heavy atom. The highest BCUT2D eigenvalue weighted by Gasteiger charge is 2.11. The normalized spacial score (nSPS) is 10.0. The summed E-state index contributed by atoms with van der Waals surface area (Å²) in [6, 6.07) is 6.25. The molecule has 17 heavy (non-hydrogen) atoms. The van der Waals surface area contributed by atoms with Gasteiger partial charge in [-0.15, -0.1) is 0 Å². The molecule has 0 saturated carbocycles. The van der Waals surface area contributed by atoms with Gasteiger partial charge < -0.3 is 15.8 Å². The Bertz CT molecular complexity index is 533. The lowest BCUT2D eigenvalue weighted by Gasteiger charge is -2.11. The molecule has 2 rings (SSSR count). The van der Waals surface area contributed by atoms with Crippen molar-refractivity contribution in [1.82, 2.24) is 9.97 Å². The number of nitrogens with zero attached hydrogens (tertiary/aromatic N) is 2. The van der Waals surface area contributed by atoms with E-state index in [9.17, 15) is 4.39 Å². The third-order valence-electron chi connectivity index (χ3n) is 2.16. The largest absolute Gasteiger partial charge is 0.490 e. The van der Waals surface area contributed by atoms with Crippen molar-refractivity contribution in [2.45, 2.75) is 0 Å². The van der Waals surface area contributed by atoms with Crippen molar-refractivity contribution in [2.24, 2.45) is 0 Å². The van der Waals surface area contributed by atoms with Crippen molar-refractivity contribution < 1.29 is 9.13 Å². The van der Waals surface area contributed by atoms with Gasteiger partial charge in [-0.3, -0.25) is 0 Å². The van der Waals surface area contributed by atoms with Gasteiger partial charge in [0.15, 0.2) is 11.6 Å². The highest BCUT2D eigenvalue weighted by Crippen LogP contribution is 2.29. The fourth-order valence-corrected chi connectivity index (χ4v) is 1.37.